The van der Waals surface area contributed by atoms with Crippen molar-refractivity contribution in [2.45, 2.75) is 19.4 Å². The summed E-state index contributed by atoms with van der Waals surface area (Å²) in [6.45, 7) is 3.71. The lowest BCUT2D eigenvalue weighted by Gasteiger charge is -2.22. The van der Waals surface area contributed by atoms with Crippen molar-refractivity contribution in [1.82, 2.24) is 10.6 Å². The van der Waals surface area contributed by atoms with Gasteiger partial charge in [-0.05, 0) is 37.6 Å². The van der Waals surface area contributed by atoms with Gasteiger partial charge in [-0.15, -0.1) is 12.4 Å². The molecule has 1 aromatic rings. The van der Waals surface area contributed by atoms with Gasteiger partial charge in [0.1, 0.15) is 5.75 Å². The summed E-state index contributed by atoms with van der Waals surface area (Å²) in [6.07, 6.45) is 0.0979. The minimum Gasteiger partial charge on any atom is -0.497 e. The molecule has 3 N–H and O–H groups in total. The fourth-order valence-corrected chi connectivity index (χ4v) is 2.38. The molecule has 0 spiro atoms. The van der Waals surface area contributed by atoms with Gasteiger partial charge in [0, 0.05) is 13.1 Å². The molecule has 0 aliphatic carbocycles. The summed E-state index contributed by atoms with van der Waals surface area (Å²) in [5.41, 5.74) is 0.369. The summed E-state index contributed by atoms with van der Waals surface area (Å²) >= 11 is 0. The minimum atomic E-state index is -0.730. The Labute approximate surface area is 131 Å². The lowest BCUT2D eigenvalue weighted by Crippen LogP contribution is -2.41. The molecule has 2 rings (SSSR count). The number of methoxy groups -OCH3 is 1. The van der Waals surface area contributed by atoms with Crippen LogP contribution in [-0.2, 0) is 4.79 Å². The Kier molecular flexibility index (Phi) is 6.45. The van der Waals surface area contributed by atoms with E-state index in [0.717, 1.165) is 18.5 Å². The molecule has 1 aliphatic rings. The molecule has 0 aromatic heterocycles. The molecule has 1 aliphatic heterocycles. The fourth-order valence-electron chi connectivity index (χ4n) is 2.38. The standard InChI is InChI=1S/C15H22N2O3.ClH/c1-15(6-7-16-10-15)14(19)17-9-13(18)11-4-3-5-12(8-11)20-2;/h3-5,8,13,16,18H,6-7,9-10H2,1-2H3,(H,17,19);1H. The normalized spacial score (nSPS) is 22.2. The maximum absolute atomic E-state index is 12.1. The van der Waals surface area contributed by atoms with E-state index in [2.05, 4.69) is 10.6 Å². The molecule has 1 heterocycles. The second-order valence-corrected chi connectivity index (χ2v) is 5.49. The molecule has 6 heteroatoms. The van der Waals surface area contributed by atoms with Gasteiger partial charge in [0.15, 0.2) is 0 Å². The topological polar surface area (TPSA) is 70.6 Å². The quantitative estimate of drug-likeness (QED) is 0.765. The van der Waals surface area contributed by atoms with Crippen molar-refractivity contribution >= 4 is 18.3 Å². The Hall–Kier alpha value is -1.30. The summed E-state index contributed by atoms with van der Waals surface area (Å²) in [6, 6.07) is 7.23. The second-order valence-electron chi connectivity index (χ2n) is 5.49. The predicted molar refractivity (Wildman–Crippen MR) is 83.8 cm³/mol. The largest absolute Gasteiger partial charge is 0.497 e. The molecule has 1 amide bonds. The number of ether oxygens (including phenoxy) is 1. The molecule has 2 unspecified atom stereocenters. The van der Waals surface area contributed by atoms with Crippen molar-refractivity contribution in [3.8, 4) is 5.75 Å². The first-order valence-electron chi connectivity index (χ1n) is 6.86. The van der Waals surface area contributed by atoms with Gasteiger partial charge in [0.2, 0.25) is 5.91 Å². The van der Waals surface area contributed by atoms with Crippen LogP contribution in [0, 0.1) is 5.41 Å². The molecular weight excluding hydrogens is 292 g/mol. The van der Waals surface area contributed by atoms with E-state index in [1.54, 1.807) is 13.2 Å². The second kappa shape index (κ2) is 7.64. The highest BCUT2D eigenvalue weighted by atomic mass is 35.5. The van der Waals surface area contributed by atoms with Gasteiger partial charge in [-0.25, -0.2) is 0 Å². The summed E-state index contributed by atoms with van der Waals surface area (Å²) in [5.74, 6) is 0.685. The number of nitrogens with one attached hydrogen (secondary N) is 2. The smallest absolute Gasteiger partial charge is 0.227 e. The van der Waals surface area contributed by atoms with Crippen LogP contribution in [-0.4, -0.2) is 37.8 Å². The maximum Gasteiger partial charge on any atom is 0.227 e. The van der Waals surface area contributed by atoms with E-state index in [9.17, 15) is 9.90 Å². The van der Waals surface area contributed by atoms with Crippen molar-refractivity contribution in [3.63, 3.8) is 0 Å². The Bertz CT molecular complexity index is 476. The maximum atomic E-state index is 12.1. The van der Waals surface area contributed by atoms with Crippen LogP contribution in [0.1, 0.15) is 25.0 Å². The van der Waals surface area contributed by atoms with Crippen molar-refractivity contribution in [2.24, 2.45) is 5.41 Å². The molecule has 2 atom stereocenters. The van der Waals surface area contributed by atoms with Gasteiger partial charge in [0.05, 0.1) is 18.6 Å². The van der Waals surface area contributed by atoms with E-state index in [4.69, 9.17) is 4.74 Å². The van der Waals surface area contributed by atoms with Gasteiger partial charge >= 0.3 is 0 Å². The highest BCUT2D eigenvalue weighted by Gasteiger charge is 2.36. The zero-order valence-corrected chi connectivity index (χ0v) is 13.2. The molecule has 1 aromatic carbocycles. The molecular formula is C15H23ClN2O3. The average molecular weight is 315 g/mol. The monoisotopic (exact) mass is 314 g/mol. The van der Waals surface area contributed by atoms with Gasteiger partial charge in [-0.2, -0.15) is 0 Å². The van der Waals surface area contributed by atoms with Gasteiger partial charge in [0.25, 0.3) is 0 Å². The van der Waals surface area contributed by atoms with Crippen LogP contribution in [0.2, 0.25) is 0 Å². The molecule has 1 fully saturated rings. The van der Waals surface area contributed by atoms with Crippen molar-refractivity contribution in [1.29, 1.82) is 0 Å². The third-order valence-electron chi connectivity index (χ3n) is 3.85. The van der Waals surface area contributed by atoms with E-state index in [-0.39, 0.29) is 30.3 Å². The Morgan fingerprint density at radius 3 is 2.95 bits per heavy atom. The average Bonchev–Trinajstić information content (AvgIpc) is 2.92. The van der Waals surface area contributed by atoms with Crippen LogP contribution >= 0.6 is 12.4 Å². The summed E-state index contributed by atoms with van der Waals surface area (Å²) in [5, 5.41) is 16.1. The van der Waals surface area contributed by atoms with Gasteiger partial charge in [-0.1, -0.05) is 12.1 Å². The highest BCUT2D eigenvalue weighted by molar-refractivity contribution is 5.85. The molecule has 5 nitrogen and oxygen atoms in total. The van der Waals surface area contributed by atoms with Gasteiger partial charge < -0.3 is 20.5 Å². The molecule has 21 heavy (non-hydrogen) atoms. The van der Waals surface area contributed by atoms with E-state index in [0.29, 0.717) is 12.3 Å². The molecule has 0 radical (unpaired) electrons. The predicted octanol–water partition coefficient (Wildman–Crippen LogP) is 1.27. The SMILES string of the molecule is COc1cccc(C(O)CNC(=O)C2(C)CCNC2)c1.Cl. The number of hydrogen-bond donors (Lipinski definition) is 3. The number of carbonyl (C=O) groups excluding carboxylic acids is 1. The number of hydrogen-bond acceptors (Lipinski definition) is 4. The zero-order valence-electron chi connectivity index (χ0n) is 12.4. The van der Waals surface area contributed by atoms with E-state index < -0.39 is 6.10 Å². The van der Waals surface area contributed by atoms with Crippen LogP contribution < -0.4 is 15.4 Å². The number of carbonyl (C=O) groups is 1. The van der Waals surface area contributed by atoms with Crippen LogP contribution in [0.3, 0.4) is 0 Å². The third kappa shape index (κ3) is 4.33. The number of aliphatic hydroxyl groups is 1. The van der Waals surface area contributed by atoms with Crippen LogP contribution in [0.25, 0.3) is 0 Å². The molecule has 0 bridgehead atoms. The number of amides is 1. The first kappa shape index (κ1) is 17.8. The van der Waals surface area contributed by atoms with E-state index >= 15 is 0 Å². The zero-order chi connectivity index (χ0) is 14.6. The van der Waals surface area contributed by atoms with Crippen LogP contribution in [0.15, 0.2) is 24.3 Å². The third-order valence-corrected chi connectivity index (χ3v) is 3.85. The van der Waals surface area contributed by atoms with Crippen LogP contribution in [0.4, 0.5) is 0 Å². The molecule has 118 valence electrons. The van der Waals surface area contributed by atoms with Crippen molar-refractivity contribution in [2.75, 3.05) is 26.7 Å². The number of benzene rings is 1. The summed E-state index contributed by atoms with van der Waals surface area (Å²) in [4.78, 5) is 12.1. The van der Waals surface area contributed by atoms with Crippen molar-refractivity contribution in [3.05, 3.63) is 29.8 Å². The minimum absolute atomic E-state index is 0. The number of aliphatic hydroxyl groups excluding tert-OH is 1. The van der Waals surface area contributed by atoms with E-state index in [1.807, 2.05) is 25.1 Å². The van der Waals surface area contributed by atoms with Gasteiger partial charge in [-0.3, -0.25) is 4.79 Å². The first-order valence-corrected chi connectivity index (χ1v) is 6.86. The summed E-state index contributed by atoms with van der Waals surface area (Å²) in [7, 11) is 1.58. The lowest BCUT2D eigenvalue weighted by atomic mass is 9.89. The van der Waals surface area contributed by atoms with E-state index in [1.165, 1.54) is 0 Å². The Morgan fingerprint density at radius 1 is 1.57 bits per heavy atom. The first-order chi connectivity index (χ1) is 9.55. The Morgan fingerprint density at radius 2 is 2.33 bits per heavy atom. The summed E-state index contributed by atoms with van der Waals surface area (Å²) < 4.78 is 5.12. The number of halogens is 1. The van der Waals surface area contributed by atoms with Crippen LogP contribution in [0.5, 0.6) is 5.75 Å². The number of rotatable bonds is 5. The fraction of sp³-hybridized carbons (Fsp3) is 0.533. The van der Waals surface area contributed by atoms with Crippen molar-refractivity contribution < 1.29 is 14.6 Å². The molecule has 0 saturated carbocycles. The Balaban J connectivity index is 0.00000220. The highest BCUT2D eigenvalue weighted by Crippen LogP contribution is 2.25. The molecule has 1 saturated heterocycles. The lowest BCUT2D eigenvalue weighted by molar-refractivity contribution is -0.129.